The van der Waals surface area contributed by atoms with Crippen LogP contribution < -0.4 is 32.1 Å². The summed E-state index contributed by atoms with van der Waals surface area (Å²) in [4.78, 5) is 122. The Hall–Kier alpha value is -7.69. The third kappa shape index (κ3) is 12.9. The first-order valence-corrected chi connectivity index (χ1v) is 26.0. The number of hydrogen-bond acceptors (Lipinski definition) is 14. The maximum atomic E-state index is 15.1. The molecule has 77 heavy (non-hydrogen) atoms. The molecule has 4 aliphatic rings. The highest BCUT2D eigenvalue weighted by Crippen LogP contribution is 2.41. The SMILES string of the molecule is CC[C@@]1(O)C(=O)OCc2c1cc1n(c2=O)Cc2c-1nc1cc(F)c(C)cc1c2CN1CCC([C@@H](C)OCNC(=O)CNC(=O)[C@H](Cc2ccccc2)NC(=O)CNC(=O)CNC(=O)CCCCCN2C(=O)C=CC2=O)CC1. The number of halogens is 1. The van der Waals surface area contributed by atoms with Gasteiger partial charge in [0, 0.05) is 60.7 Å². The Bertz CT molecular complexity index is 3050. The summed E-state index contributed by atoms with van der Waals surface area (Å²) in [6.45, 7) is 6.00. The Balaban J connectivity index is 0.776. The van der Waals surface area contributed by atoms with Crippen molar-refractivity contribution in [2.45, 2.75) is 110 Å². The predicted molar refractivity (Wildman–Crippen MR) is 276 cm³/mol. The summed E-state index contributed by atoms with van der Waals surface area (Å²) >= 11 is 0. The van der Waals surface area contributed by atoms with E-state index in [2.05, 4.69) is 31.5 Å². The minimum atomic E-state index is -1.98. The van der Waals surface area contributed by atoms with Crippen molar-refractivity contribution in [3.05, 3.63) is 110 Å². The standard InChI is InChI=1S/C55H64FN9O12/c1-4-55(75)40-23-44-51-38(29-65(44)53(73)39(40)30-76-54(55)74)37(36-21-32(2)41(56)24-42(36)62-51)28-63-19-16-35(17-20-63)33(3)77-31-60-47(68)26-59-52(72)43(22-34-11-7-5-8-12-34)61-48(69)27-58-46(67)25-57-45(66)13-9-6-10-18-64-49(70)14-15-50(64)71/h5,7-8,11-12,14-15,21,23-24,33,35,43,75H,4,6,9-10,13,16-20,22,25-31H2,1-3H3,(H,57,66)(H,58,67)(H,59,72)(H,60,68)(H,61,69)/t33-,43+,55+/m1/s1. The zero-order chi connectivity index (χ0) is 55.0. The van der Waals surface area contributed by atoms with Gasteiger partial charge in [0.25, 0.3) is 17.4 Å². The summed E-state index contributed by atoms with van der Waals surface area (Å²) in [5, 5.41) is 24.9. The van der Waals surface area contributed by atoms with Crippen molar-refractivity contribution in [1.82, 2.24) is 45.9 Å². The van der Waals surface area contributed by atoms with Gasteiger partial charge in [-0.1, -0.05) is 43.7 Å². The van der Waals surface area contributed by atoms with E-state index >= 15 is 4.39 Å². The number of pyridine rings is 2. The average Bonchev–Trinajstić information content (AvgIpc) is 4.06. The normalized spacial score (nSPS) is 17.8. The molecule has 6 N–H and O–H groups in total. The van der Waals surface area contributed by atoms with Crippen LogP contribution in [-0.2, 0) is 79.5 Å². The molecule has 4 aromatic rings. The number of nitrogens with one attached hydrogen (secondary N) is 5. The van der Waals surface area contributed by atoms with Gasteiger partial charge in [-0.25, -0.2) is 14.2 Å². The Labute approximate surface area is 443 Å². The van der Waals surface area contributed by atoms with E-state index < -0.39 is 60.1 Å². The number of esters is 1. The van der Waals surface area contributed by atoms with E-state index in [0.29, 0.717) is 61.4 Å². The number of benzene rings is 2. The lowest BCUT2D eigenvalue weighted by atomic mass is 9.86. The van der Waals surface area contributed by atoms with Crippen LogP contribution in [0, 0.1) is 18.7 Å². The Kier molecular flexibility index (Phi) is 17.7. The zero-order valence-electron chi connectivity index (χ0n) is 43.3. The van der Waals surface area contributed by atoms with Crippen LogP contribution in [0.5, 0.6) is 0 Å². The maximum Gasteiger partial charge on any atom is 0.343 e. The Morgan fingerprint density at radius 2 is 1.56 bits per heavy atom. The van der Waals surface area contributed by atoms with Crippen LogP contribution in [0.1, 0.15) is 92.2 Å². The zero-order valence-corrected chi connectivity index (χ0v) is 43.3. The molecule has 0 spiro atoms. The number of amides is 7. The van der Waals surface area contributed by atoms with Crippen molar-refractivity contribution in [2.75, 3.05) is 46.0 Å². The van der Waals surface area contributed by atoms with Crippen molar-refractivity contribution in [3.8, 4) is 11.4 Å². The van der Waals surface area contributed by atoms with Crippen molar-refractivity contribution in [2.24, 2.45) is 5.92 Å². The molecule has 2 aromatic carbocycles. The van der Waals surface area contributed by atoms with E-state index in [4.69, 9.17) is 14.5 Å². The fraction of sp³-hybridized carbons (Fsp3) is 0.455. The number of carbonyl (C=O) groups excluding carboxylic acids is 8. The number of cyclic esters (lactones) is 1. The highest BCUT2D eigenvalue weighted by atomic mass is 19.1. The molecule has 0 unspecified atom stereocenters. The van der Waals surface area contributed by atoms with Crippen LogP contribution in [-0.4, -0.2) is 130 Å². The second kappa shape index (κ2) is 24.5. The molecule has 7 amide bonds. The molecule has 8 rings (SSSR count). The number of nitrogens with zero attached hydrogens (tertiary/aromatic N) is 4. The largest absolute Gasteiger partial charge is 0.458 e. The number of ether oxygens (including phenoxy) is 2. The lowest BCUT2D eigenvalue weighted by molar-refractivity contribution is -0.172. The molecule has 2 aromatic heterocycles. The molecule has 1 fully saturated rings. The number of rotatable bonds is 23. The van der Waals surface area contributed by atoms with Crippen LogP contribution in [0.3, 0.4) is 0 Å². The summed E-state index contributed by atoms with van der Waals surface area (Å²) in [5.74, 6) is -4.63. The van der Waals surface area contributed by atoms with Gasteiger partial charge in [-0.05, 0) is 93.8 Å². The molecule has 21 nitrogen and oxygen atoms in total. The van der Waals surface area contributed by atoms with E-state index in [9.17, 15) is 48.3 Å². The molecular formula is C55H64FN9O12. The quantitative estimate of drug-likeness (QED) is 0.0236. The monoisotopic (exact) mass is 1060 g/mol. The lowest BCUT2D eigenvalue weighted by Crippen LogP contribution is -2.52. The third-order valence-corrected chi connectivity index (χ3v) is 14.8. The Morgan fingerprint density at radius 3 is 2.29 bits per heavy atom. The number of hydrogen-bond donors (Lipinski definition) is 6. The molecule has 1 saturated heterocycles. The van der Waals surface area contributed by atoms with E-state index in [1.54, 1.807) is 60.9 Å². The summed E-state index contributed by atoms with van der Waals surface area (Å²) in [6, 6.07) is 12.7. The number of aromatic nitrogens is 2. The number of carbonyl (C=O) groups is 8. The summed E-state index contributed by atoms with van der Waals surface area (Å²) < 4.78 is 28.0. The smallest absolute Gasteiger partial charge is 0.343 e. The second-order valence-electron chi connectivity index (χ2n) is 19.9. The van der Waals surface area contributed by atoms with E-state index in [1.807, 2.05) is 6.92 Å². The van der Waals surface area contributed by atoms with Gasteiger partial charge in [0.1, 0.15) is 25.2 Å². The molecule has 6 heterocycles. The van der Waals surface area contributed by atoms with Crippen molar-refractivity contribution < 1.29 is 57.3 Å². The van der Waals surface area contributed by atoms with Crippen LogP contribution in [0.2, 0.25) is 0 Å². The maximum absolute atomic E-state index is 15.1. The molecule has 3 atom stereocenters. The van der Waals surface area contributed by atoms with Crippen molar-refractivity contribution >= 4 is 58.2 Å². The number of piperidine rings is 1. The average molecular weight is 1060 g/mol. The third-order valence-electron chi connectivity index (χ3n) is 14.8. The topological polar surface area (TPSA) is 277 Å². The molecule has 0 radical (unpaired) electrons. The van der Waals surface area contributed by atoms with Gasteiger partial charge in [0.05, 0.1) is 54.8 Å². The summed E-state index contributed by atoms with van der Waals surface area (Å²) in [5.41, 5.74) is 2.35. The van der Waals surface area contributed by atoms with E-state index in [0.717, 1.165) is 39.8 Å². The first-order valence-electron chi connectivity index (χ1n) is 26.0. The molecule has 22 heteroatoms. The van der Waals surface area contributed by atoms with Crippen molar-refractivity contribution in [3.63, 3.8) is 0 Å². The van der Waals surface area contributed by atoms with E-state index in [-0.39, 0.29) is 98.7 Å². The summed E-state index contributed by atoms with van der Waals surface area (Å²) in [7, 11) is 0. The van der Waals surface area contributed by atoms with Crippen LogP contribution >= 0.6 is 0 Å². The van der Waals surface area contributed by atoms with Gasteiger partial charge in [-0.15, -0.1) is 0 Å². The Morgan fingerprint density at radius 1 is 0.870 bits per heavy atom. The highest BCUT2D eigenvalue weighted by Gasteiger charge is 2.46. The number of aliphatic hydroxyl groups is 1. The summed E-state index contributed by atoms with van der Waals surface area (Å²) in [6.07, 6.45) is 5.55. The molecule has 408 valence electrons. The number of aryl methyl sites for hydroxylation is 1. The fourth-order valence-electron chi connectivity index (χ4n) is 10.2. The van der Waals surface area contributed by atoms with Gasteiger partial charge in [0.15, 0.2) is 5.60 Å². The van der Waals surface area contributed by atoms with Crippen LogP contribution in [0.25, 0.3) is 22.3 Å². The molecule has 0 bridgehead atoms. The van der Waals surface area contributed by atoms with Gasteiger partial charge in [-0.3, -0.25) is 48.2 Å². The second-order valence-corrected chi connectivity index (χ2v) is 19.9. The van der Waals surface area contributed by atoms with Gasteiger partial charge in [-0.2, -0.15) is 0 Å². The number of fused-ring (bicyclic) bond motifs is 5. The first kappa shape index (κ1) is 55.5. The van der Waals surface area contributed by atoms with Gasteiger partial charge in [0.2, 0.25) is 29.5 Å². The molecule has 4 aliphatic heterocycles. The van der Waals surface area contributed by atoms with Crippen LogP contribution in [0.15, 0.2) is 65.5 Å². The lowest BCUT2D eigenvalue weighted by Gasteiger charge is -2.35. The molecule has 0 saturated carbocycles. The van der Waals surface area contributed by atoms with Crippen LogP contribution in [0.4, 0.5) is 4.39 Å². The molecule has 0 aliphatic carbocycles. The highest BCUT2D eigenvalue weighted by molar-refractivity contribution is 6.12. The van der Waals surface area contributed by atoms with Crippen molar-refractivity contribution in [1.29, 1.82) is 0 Å². The number of likely N-dealkylation sites (tertiary alicyclic amines) is 1. The van der Waals surface area contributed by atoms with E-state index in [1.165, 1.54) is 18.2 Å². The van der Waals surface area contributed by atoms with Gasteiger partial charge >= 0.3 is 5.97 Å². The first-order chi connectivity index (χ1) is 36.9. The molecular weight excluding hydrogens is 998 g/mol. The fourth-order valence-corrected chi connectivity index (χ4v) is 10.2. The minimum Gasteiger partial charge on any atom is -0.458 e. The number of unbranched alkanes of at least 4 members (excludes halogenated alkanes) is 2. The number of imide groups is 1. The minimum absolute atomic E-state index is 0.00555. The van der Waals surface area contributed by atoms with Gasteiger partial charge < -0.3 is 45.7 Å². The predicted octanol–water partition coefficient (Wildman–Crippen LogP) is 1.78.